The Labute approximate surface area is 157 Å². The van der Waals surface area contributed by atoms with Crippen molar-refractivity contribution in [3.8, 4) is 6.07 Å². The number of nitrogens with two attached hydrogens (primary N) is 1. The van der Waals surface area contributed by atoms with Crippen LogP contribution in [0, 0.1) is 29.1 Å². The molecule has 2 fully saturated rings. The number of hydrogen-bond acceptors (Lipinski definition) is 4. The third-order valence-electron chi connectivity index (χ3n) is 6.23. The van der Waals surface area contributed by atoms with Gasteiger partial charge in [-0.15, -0.1) is 0 Å². The van der Waals surface area contributed by atoms with Gasteiger partial charge in [0.05, 0.1) is 12.5 Å². The molecule has 1 saturated heterocycles. The molecule has 1 radical (unpaired) electrons. The summed E-state index contributed by atoms with van der Waals surface area (Å²) >= 11 is 0. The molecule has 0 aromatic carbocycles. The lowest BCUT2D eigenvalue weighted by atomic mass is 9.81. The molecular formula is C20H33N4O2. The van der Waals surface area contributed by atoms with E-state index in [9.17, 15) is 14.9 Å². The summed E-state index contributed by atoms with van der Waals surface area (Å²) < 4.78 is 0. The molecule has 0 bridgehead atoms. The van der Waals surface area contributed by atoms with Crippen molar-refractivity contribution < 1.29 is 9.59 Å². The first kappa shape index (κ1) is 20.7. The molecule has 2 amide bonds. The lowest BCUT2D eigenvalue weighted by molar-refractivity contribution is -0.126. The maximum absolute atomic E-state index is 12.3. The van der Waals surface area contributed by atoms with Gasteiger partial charge in [0.15, 0.2) is 0 Å². The Morgan fingerprint density at radius 3 is 2.46 bits per heavy atom. The summed E-state index contributed by atoms with van der Waals surface area (Å²) in [6, 6.07) is 2.94. The lowest BCUT2D eigenvalue weighted by Gasteiger charge is -2.44. The Bertz CT molecular complexity index is 559. The standard InChI is InChI=1S/C20H33N4O2/c1-15-6-4-5-7-16(15)24-12-10-20(14-21,11-13-24)23-17(25)8-9-19(2,3)18(22)26/h8,15-16H,4-7,9-13H2,1-3H3,(H2,22,26)(H,23,25). The fraction of sp³-hybridized carbons (Fsp3) is 0.800. The predicted molar refractivity (Wildman–Crippen MR) is 101 cm³/mol. The van der Waals surface area contributed by atoms with Crippen molar-refractivity contribution in [1.29, 1.82) is 5.26 Å². The van der Waals surface area contributed by atoms with Gasteiger partial charge in [0, 0.05) is 24.5 Å². The van der Waals surface area contributed by atoms with E-state index in [0.717, 1.165) is 13.1 Å². The molecule has 1 saturated carbocycles. The van der Waals surface area contributed by atoms with Crippen LogP contribution in [0.4, 0.5) is 0 Å². The Kier molecular flexibility index (Phi) is 6.68. The fourth-order valence-electron chi connectivity index (χ4n) is 4.08. The minimum Gasteiger partial charge on any atom is -0.369 e. The molecule has 6 heteroatoms. The van der Waals surface area contributed by atoms with Gasteiger partial charge in [0.25, 0.3) is 0 Å². The van der Waals surface area contributed by atoms with Crippen LogP contribution in [0.5, 0.6) is 0 Å². The molecule has 2 rings (SSSR count). The van der Waals surface area contributed by atoms with E-state index in [0.29, 0.717) is 24.8 Å². The van der Waals surface area contributed by atoms with Gasteiger partial charge in [-0.05, 0) is 38.0 Å². The van der Waals surface area contributed by atoms with Gasteiger partial charge in [-0.3, -0.25) is 14.5 Å². The van der Waals surface area contributed by atoms with Gasteiger partial charge >= 0.3 is 0 Å². The van der Waals surface area contributed by atoms with E-state index in [4.69, 9.17) is 5.73 Å². The van der Waals surface area contributed by atoms with E-state index >= 15 is 0 Å². The first-order valence-electron chi connectivity index (χ1n) is 9.80. The number of amides is 2. The summed E-state index contributed by atoms with van der Waals surface area (Å²) in [5.41, 5.74) is 3.77. The number of nitriles is 1. The maximum Gasteiger partial charge on any atom is 0.225 e. The molecule has 26 heavy (non-hydrogen) atoms. The monoisotopic (exact) mass is 361 g/mol. The highest BCUT2D eigenvalue weighted by atomic mass is 16.2. The van der Waals surface area contributed by atoms with E-state index in [1.54, 1.807) is 13.8 Å². The highest BCUT2D eigenvalue weighted by Crippen LogP contribution is 2.32. The number of carbonyl (C=O) groups is 2. The van der Waals surface area contributed by atoms with Crippen molar-refractivity contribution in [2.75, 3.05) is 13.1 Å². The minimum atomic E-state index is -0.807. The molecule has 1 aliphatic carbocycles. The normalized spacial score (nSPS) is 26.7. The molecule has 1 aliphatic heterocycles. The predicted octanol–water partition coefficient (Wildman–Crippen LogP) is 2.15. The number of likely N-dealkylation sites (tertiary alicyclic amines) is 1. The number of piperidine rings is 1. The summed E-state index contributed by atoms with van der Waals surface area (Å²) in [6.45, 7) is 7.43. The van der Waals surface area contributed by atoms with Gasteiger partial charge in [0.1, 0.15) is 5.54 Å². The van der Waals surface area contributed by atoms with E-state index in [-0.39, 0.29) is 12.3 Å². The van der Waals surface area contributed by atoms with E-state index in [1.165, 1.54) is 32.1 Å². The molecule has 0 aromatic heterocycles. The van der Waals surface area contributed by atoms with E-state index in [2.05, 4.69) is 23.2 Å². The summed E-state index contributed by atoms with van der Waals surface area (Å²) in [5.74, 6) is -0.0240. The van der Waals surface area contributed by atoms with Crippen LogP contribution >= 0.6 is 0 Å². The minimum absolute atomic E-state index is 0.265. The van der Waals surface area contributed by atoms with Crippen LogP contribution in [-0.4, -0.2) is 41.4 Å². The molecule has 3 N–H and O–H groups in total. The average molecular weight is 362 g/mol. The Morgan fingerprint density at radius 1 is 1.31 bits per heavy atom. The number of rotatable bonds is 6. The van der Waals surface area contributed by atoms with Gasteiger partial charge < -0.3 is 11.1 Å². The Balaban J connectivity index is 1.87. The number of nitrogens with one attached hydrogen (secondary N) is 1. The highest BCUT2D eigenvalue weighted by Gasteiger charge is 2.39. The van der Waals surface area contributed by atoms with Crippen LogP contribution in [0.2, 0.25) is 0 Å². The van der Waals surface area contributed by atoms with Crippen LogP contribution in [0.1, 0.15) is 65.7 Å². The summed E-state index contributed by atoms with van der Waals surface area (Å²) in [4.78, 5) is 26.2. The molecule has 2 unspecified atom stereocenters. The number of carbonyl (C=O) groups excluding carboxylic acids is 2. The quantitative estimate of drug-likeness (QED) is 0.757. The smallest absolute Gasteiger partial charge is 0.225 e. The molecule has 1 heterocycles. The van der Waals surface area contributed by atoms with Gasteiger partial charge in [-0.25, -0.2) is 0 Å². The topological polar surface area (TPSA) is 99.2 Å². The lowest BCUT2D eigenvalue weighted by Crippen LogP contribution is -2.57. The van der Waals surface area contributed by atoms with Crippen LogP contribution in [0.15, 0.2) is 0 Å². The number of primary amides is 1. The Hall–Kier alpha value is -1.61. The summed E-state index contributed by atoms with van der Waals surface area (Å²) in [6.07, 6.45) is 8.13. The Morgan fingerprint density at radius 2 is 1.92 bits per heavy atom. The van der Waals surface area contributed by atoms with Crippen LogP contribution in [0.25, 0.3) is 0 Å². The van der Waals surface area contributed by atoms with Crippen molar-refractivity contribution in [2.45, 2.75) is 77.3 Å². The van der Waals surface area contributed by atoms with E-state index in [1.807, 2.05) is 0 Å². The maximum atomic E-state index is 12.3. The summed E-state index contributed by atoms with van der Waals surface area (Å²) in [5, 5.41) is 12.6. The molecule has 0 aromatic rings. The average Bonchev–Trinajstić information content (AvgIpc) is 2.61. The zero-order valence-corrected chi connectivity index (χ0v) is 16.4. The van der Waals surface area contributed by atoms with Crippen molar-refractivity contribution in [3.05, 3.63) is 6.42 Å². The molecule has 145 valence electrons. The first-order chi connectivity index (χ1) is 12.2. The zero-order chi connectivity index (χ0) is 19.4. The van der Waals surface area contributed by atoms with Gasteiger partial charge in [-0.1, -0.05) is 33.6 Å². The van der Waals surface area contributed by atoms with Gasteiger partial charge in [-0.2, -0.15) is 5.26 Å². The fourth-order valence-corrected chi connectivity index (χ4v) is 4.08. The van der Waals surface area contributed by atoms with Crippen LogP contribution in [0.3, 0.4) is 0 Å². The van der Waals surface area contributed by atoms with Crippen molar-refractivity contribution in [2.24, 2.45) is 17.1 Å². The zero-order valence-electron chi connectivity index (χ0n) is 16.4. The number of hydrogen-bond donors (Lipinski definition) is 2. The third kappa shape index (κ3) is 4.97. The molecule has 0 spiro atoms. The van der Waals surface area contributed by atoms with Crippen molar-refractivity contribution in [1.82, 2.24) is 10.2 Å². The SMILES string of the molecule is CC1CCCCC1N1CCC(C#N)(NC(=O)[CH]CC(C)(C)C(N)=O)CC1. The van der Waals surface area contributed by atoms with Crippen molar-refractivity contribution in [3.63, 3.8) is 0 Å². The second-order valence-electron chi connectivity index (χ2n) is 8.70. The third-order valence-corrected chi connectivity index (χ3v) is 6.23. The van der Waals surface area contributed by atoms with Crippen LogP contribution < -0.4 is 11.1 Å². The number of nitrogens with zero attached hydrogens (tertiary/aromatic N) is 2. The largest absolute Gasteiger partial charge is 0.369 e. The second kappa shape index (κ2) is 8.39. The molecular weight excluding hydrogens is 328 g/mol. The summed E-state index contributed by atoms with van der Waals surface area (Å²) in [7, 11) is 0. The molecule has 2 aliphatic rings. The van der Waals surface area contributed by atoms with E-state index < -0.39 is 16.9 Å². The van der Waals surface area contributed by atoms with Gasteiger partial charge in [0.2, 0.25) is 11.8 Å². The second-order valence-corrected chi connectivity index (χ2v) is 8.70. The molecule has 2 atom stereocenters. The highest BCUT2D eigenvalue weighted by molar-refractivity contribution is 5.87. The van der Waals surface area contributed by atoms with Crippen LogP contribution in [-0.2, 0) is 9.59 Å². The molecule has 6 nitrogen and oxygen atoms in total. The van der Waals surface area contributed by atoms with Crippen molar-refractivity contribution >= 4 is 11.8 Å². The first-order valence-corrected chi connectivity index (χ1v) is 9.80.